The molecular weight excluding hydrogens is 240 g/mol. The summed E-state index contributed by atoms with van der Waals surface area (Å²) in [5.74, 6) is 0.689. The topological polar surface area (TPSA) is 61.0 Å². The predicted molar refractivity (Wildman–Crippen MR) is 73.8 cm³/mol. The SMILES string of the molecule is CNc1nc(=O)[nH]c2c1CN(Cc1ccccc1)C2. The van der Waals surface area contributed by atoms with Crippen molar-refractivity contribution >= 4 is 5.82 Å². The van der Waals surface area contributed by atoms with E-state index in [0.717, 1.165) is 30.9 Å². The minimum Gasteiger partial charge on any atom is -0.373 e. The van der Waals surface area contributed by atoms with Crippen molar-refractivity contribution in [2.24, 2.45) is 0 Å². The van der Waals surface area contributed by atoms with Crippen molar-refractivity contribution in [3.8, 4) is 0 Å². The van der Waals surface area contributed by atoms with Crippen LogP contribution in [0.25, 0.3) is 0 Å². The molecule has 0 saturated carbocycles. The van der Waals surface area contributed by atoms with E-state index in [1.54, 1.807) is 7.05 Å². The molecule has 1 aliphatic rings. The second-order valence-electron chi connectivity index (χ2n) is 4.73. The lowest BCUT2D eigenvalue weighted by atomic mass is 10.2. The van der Waals surface area contributed by atoms with Crippen molar-refractivity contribution in [1.29, 1.82) is 0 Å². The Morgan fingerprint density at radius 1 is 1.32 bits per heavy atom. The summed E-state index contributed by atoms with van der Waals surface area (Å²) < 4.78 is 0. The molecule has 2 aromatic rings. The molecule has 5 heteroatoms. The van der Waals surface area contributed by atoms with E-state index in [1.165, 1.54) is 5.56 Å². The first-order valence-corrected chi connectivity index (χ1v) is 6.32. The van der Waals surface area contributed by atoms with Crippen LogP contribution in [-0.2, 0) is 19.6 Å². The van der Waals surface area contributed by atoms with Crippen LogP contribution < -0.4 is 11.0 Å². The molecule has 0 amide bonds. The second-order valence-corrected chi connectivity index (χ2v) is 4.73. The second kappa shape index (κ2) is 4.85. The highest BCUT2D eigenvalue weighted by Gasteiger charge is 2.23. The summed E-state index contributed by atoms with van der Waals surface area (Å²) >= 11 is 0. The van der Waals surface area contributed by atoms with E-state index in [2.05, 4.69) is 32.3 Å². The third-order valence-electron chi connectivity index (χ3n) is 3.37. The maximum absolute atomic E-state index is 11.4. The Labute approximate surface area is 111 Å². The maximum atomic E-state index is 11.4. The van der Waals surface area contributed by atoms with Gasteiger partial charge in [-0.1, -0.05) is 30.3 Å². The van der Waals surface area contributed by atoms with Crippen LogP contribution in [0.15, 0.2) is 35.1 Å². The molecule has 1 aromatic carbocycles. The smallest absolute Gasteiger partial charge is 0.347 e. The molecule has 3 rings (SSSR count). The largest absolute Gasteiger partial charge is 0.373 e. The monoisotopic (exact) mass is 256 g/mol. The van der Waals surface area contributed by atoms with Gasteiger partial charge in [0.25, 0.3) is 0 Å². The minimum atomic E-state index is -0.287. The van der Waals surface area contributed by atoms with Crippen LogP contribution >= 0.6 is 0 Å². The van der Waals surface area contributed by atoms with Gasteiger partial charge in [-0.05, 0) is 5.56 Å². The van der Waals surface area contributed by atoms with E-state index >= 15 is 0 Å². The Balaban J connectivity index is 1.83. The van der Waals surface area contributed by atoms with Crippen LogP contribution in [0.1, 0.15) is 16.8 Å². The fourth-order valence-corrected chi connectivity index (χ4v) is 2.51. The van der Waals surface area contributed by atoms with Gasteiger partial charge in [0.2, 0.25) is 0 Å². The van der Waals surface area contributed by atoms with Crippen LogP contribution in [0.2, 0.25) is 0 Å². The van der Waals surface area contributed by atoms with Crippen molar-refractivity contribution in [3.63, 3.8) is 0 Å². The summed E-state index contributed by atoms with van der Waals surface area (Å²) in [5, 5.41) is 2.99. The number of nitrogens with zero attached hydrogens (tertiary/aromatic N) is 2. The fourth-order valence-electron chi connectivity index (χ4n) is 2.51. The Kier molecular flexibility index (Phi) is 3.05. The van der Waals surface area contributed by atoms with Gasteiger partial charge in [-0.25, -0.2) is 4.79 Å². The zero-order valence-corrected chi connectivity index (χ0v) is 10.8. The maximum Gasteiger partial charge on any atom is 0.347 e. The van der Waals surface area contributed by atoms with Gasteiger partial charge in [0.1, 0.15) is 5.82 Å². The number of fused-ring (bicyclic) bond motifs is 1. The summed E-state index contributed by atoms with van der Waals surface area (Å²) in [6, 6.07) is 10.3. The first-order chi connectivity index (χ1) is 9.26. The van der Waals surface area contributed by atoms with E-state index < -0.39 is 0 Å². The van der Waals surface area contributed by atoms with Crippen molar-refractivity contribution < 1.29 is 0 Å². The summed E-state index contributed by atoms with van der Waals surface area (Å²) in [6.07, 6.45) is 0. The number of benzene rings is 1. The summed E-state index contributed by atoms with van der Waals surface area (Å²) in [4.78, 5) is 20.5. The first-order valence-electron chi connectivity index (χ1n) is 6.32. The zero-order chi connectivity index (χ0) is 13.2. The van der Waals surface area contributed by atoms with Gasteiger partial charge in [-0.2, -0.15) is 4.98 Å². The van der Waals surface area contributed by atoms with Crippen molar-refractivity contribution in [3.05, 3.63) is 57.6 Å². The molecule has 0 bridgehead atoms. The molecular formula is C14H16N4O. The summed E-state index contributed by atoms with van der Waals surface area (Å²) in [5.41, 5.74) is 3.06. The van der Waals surface area contributed by atoms with Crippen LogP contribution in [-0.4, -0.2) is 21.9 Å². The lowest BCUT2D eigenvalue weighted by Crippen LogP contribution is -2.16. The van der Waals surface area contributed by atoms with Crippen molar-refractivity contribution in [1.82, 2.24) is 14.9 Å². The molecule has 2 N–H and O–H groups in total. The molecule has 0 saturated heterocycles. The lowest BCUT2D eigenvalue weighted by molar-refractivity contribution is 0.274. The molecule has 0 unspecified atom stereocenters. The number of hydrogen-bond acceptors (Lipinski definition) is 4. The number of aromatic nitrogens is 2. The van der Waals surface area contributed by atoms with Gasteiger partial charge < -0.3 is 10.3 Å². The average molecular weight is 256 g/mol. The Bertz CT molecular complexity index is 636. The van der Waals surface area contributed by atoms with Crippen molar-refractivity contribution in [2.75, 3.05) is 12.4 Å². The van der Waals surface area contributed by atoms with E-state index in [1.807, 2.05) is 18.2 Å². The van der Waals surface area contributed by atoms with Gasteiger partial charge in [0.15, 0.2) is 0 Å². The van der Waals surface area contributed by atoms with Gasteiger partial charge in [0.05, 0.1) is 0 Å². The number of anilines is 1. The Morgan fingerprint density at radius 3 is 2.84 bits per heavy atom. The quantitative estimate of drug-likeness (QED) is 0.869. The standard InChI is InChI=1S/C14H16N4O/c1-15-13-11-8-18(7-10-5-3-2-4-6-10)9-12(11)16-14(19)17-13/h2-6H,7-9H2,1H3,(H2,15,16,17,19). The van der Waals surface area contributed by atoms with Gasteiger partial charge in [-0.3, -0.25) is 4.90 Å². The normalized spacial score (nSPS) is 14.4. The molecule has 0 spiro atoms. The highest BCUT2D eigenvalue weighted by Crippen LogP contribution is 2.25. The molecule has 5 nitrogen and oxygen atoms in total. The summed E-state index contributed by atoms with van der Waals surface area (Å²) in [6.45, 7) is 2.45. The molecule has 0 radical (unpaired) electrons. The third-order valence-corrected chi connectivity index (χ3v) is 3.37. The third kappa shape index (κ3) is 2.37. The summed E-state index contributed by atoms with van der Waals surface area (Å²) in [7, 11) is 1.79. The molecule has 2 heterocycles. The minimum absolute atomic E-state index is 0.287. The molecule has 0 atom stereocenters. The number of nitrogens with one attached hydrogen (secondary N) is 2. The van der Waals surface area contributed by atoms with Crippen LogP contribution in [0.3, 0.4) is 0 Å². The fraction of sp³-hybridized carbons (Fsp3) is 0.286. The zero-order valence-electron chi connectivity index (χ0n) is 10.8. The van der Waals surface area contributed by atoms with Gasteiger partial charge >= 0.3 is 5.69 Å². The highest BCUT2D eigenvalue weighted by atomic mass is 16.1. The van der Waals surface area contributed by atoms with Crippen molar-refractivity contribution in [2.45, 2.75) is 19.6 Å². The van der Waals surface area contributed by atoms with E-state index in [0.29, 0.717) is 5.82 Å². The molecule has 0 aliphatic carbocycles. The van der Waals surface area contributed by atoms with E-state index in [-0.39, 0.29) is 5.69 Å². The average Bonchev–Trinajstić information content (AvgIpc) is 2.81. The molecule has 19 heavy (non-hydrogen) atoms. The van der Waals surface area contributed by atoms with E-state index in [9.17, 15) is 4.79 Å². The van der Waals surface area contributed by atoms with Crippen LogP contribution in [0, 0.1) is 0 Å². The number of hydrogen-bond donors (Lipinski definition) is 2. The Morgan fingerprint density at radius 2 is 2.11 bits per heavy atom. The number of rotatable bonds is 3. The Hall–Kier alpha value is -2.14. The number of H-pyrrole nitrogens is 1. The lowest BCUT2D eigenvalue weighted by Gasteiger charge is -2.14. The predicted octanol–water partition coefficient (Wildman–Crippen LogP) is 1.33. The van der Waals surface area contributed by atoms with E-state index in [4.69, 9.17) is 0 Å². The molecule has 1 aliphatic heterocycles. The first kappa shape index (κ1) is 11.9. The van der Waals surface area contributed by atoms with Crippen LogP contribution in [0.4, 0.5) is 5.82 Å². The molecule has 1 aromatic heterocycles. The van der Waals surface area contributed by atoms with Crippen LogP contribution in [0.5, 0.6) is 0 Å². The highest BCUT2D eigenvalue weighted by molar-refractivity contribution is 5.47. The number of aromatic amines is 1. The van der Waals surface area contributed by atoms with Gasteiger partial charge in [0, 0.05) is 37.9 Å². The molecule has 0 fully saturated rings. The van der Waals surface area contributed by atoms with Gasteiger partial charge in [-0.15, -0.1) is 0 Å². The molecule has 98 valence electrons.